The zero-order valence-electron chi connectivity index (χ0n) is 10.9. The van der Waals surface area contributed by atoms with Gasteiger partial charge >= 0.3 is 0 Å². The van der Waals surface area contributed by atoms with Crippen molar-refractivity contribution in [1.29, 1.82) is 0 Å². The number of hydrogen-bond donors (Lipinski definition) is 1. The molecule has 0 spiro atoms. The fourth-order valence-corrected chi connectivity index (χ4v) is 1.32. The minimum atomic E-state index is 0.0571. The monoisotopic (exact) mass is 246 g/mol. The Hall–Kier alpha value is -0.420. The van der Waals surface area contributed by atoms with Gasteiger partial charge in [-0.15, -0.1) is 6.58 Å². The molecule has 102 valence electrons. The lowest BCUT2D eigenvalue weighted by atomic mass is 10.1. The van der Waals surface area contributed by atoms with E-state index >= 15 is 0 Å². The lowest BCUT2D eigenvalue weighted by Crippen LogP contribution is -2.15. The zero-order chi connectivity index (χ0) is 12.8. The maximum Gasteiger partial charge on any atom is 0.0754 e. The van der Waals surface area contributed by atoms with Gasteiger partial charge in [0.25, 0.3) is 0 Å². The lowest BCUT2D eigenvalue weighted by Gasteiger charge is -2.13. The topological polar surface area (TPSA) is 47.9 Å². The van der Waals surface area contributed by atoms with Gasteiger partial charge in [0, 0.05) is 0 Å². The molecule has 1 unspecified atom stereocenters. The highest BCUT2D eigenvalue weighted by Crippen LogP contribution is 2.05. The minimum absolute atomic E-state index is 0.0571. The molecule has 0 aliphatic heterocycles. The quantitative estimate of drug-likeness (QED) is 0.397. The van der Waals surface area contributed by atoms with Crippen LogP contribution in [0.3, 0.4) is 0 Å². The molecule has 0 aromatic heterocycles. The van der Waals surface area contributed by atoms with Crippen molar-refractivity contribution in [2.45, 2.75) is 32.3 Å². The Labute approximate surface area is 105 Å². The highest BCUT2D eigenvalue weighted by atomic mass is 16.5. The van der Waals surface area contributed by atoms with Crippen molar-refractivity contribution in [2.75, 3.05) is 39.6 Å². The number of hydrogen-bond acceptors (Lipinski definition) is 4. The molecule has 4 heteroatoms. The summed E-state index contributed by atoms with van der Waals surface area (Å²) in [6.45, 7) is 8.55. The highest BCUT2D eigenvalue weighted by Gasteiger charge is 2.02. The summed E-state index contributed by atoms with van der Waals surface area (Å²) in [5, 5.41) is 8.47. The van der Waals surface area contributed by atoms with E-state index in [9.17, 15) is 0 Å². The van der Waals surface area contributed by atoms with Crippen LogP contribution in [0.2, 0.25) is 0 Å². The summed E-state index contributed by atoms with van der Waals surface area (Å²) in [5.41, 5.74) is 0. The van der Waals surface area contributed by atoms with Crippen LogP contribution in [0.4, 0.5) is 0 Å². The highest BCUT2D eigenvalue weighted by molar-refractivity contribution is 4.79. The molecule has 0 aliphatic rings. The molecule has 0 amide bonds. The summed E-state index contributed by atoms with van der Waals surface area (Å²) >= 11 is 0. The van der Waals surface area contributed by atoms with Crippen LogP contribution < -0.4 is 0 Å². The average Bonchev–Trinajstić information content (AvgIpc) is 2.36. The van der Waals surface area contributed by atoms with E-state index in [0.717, 1.165) is 12.8 Å². The molecular formula is C13H26O4. The molecule has 0 aliphatic carbocycles. The predicted molar refractivity (Wildman–Crippen MR) is 68.2 cm³/mol. The van der Waals surface area contributed by atoms with Crippen LogP contribution in [0, 0.1) is 0 Å². The van der Waals surface area contributed by atoms with E-state index in [4.69, 9.17) is 19.3 Å². The number of ether oxygens (including phenoxy) is 3. The Kier molecular flexibility index (Phi) is 13.3. The van der Waals surface area contributed by atoms with Crippen LogP contribution in [0.15, 0.2) is 12.7 Å². The van der Waals surface area contributed by atoms with E-state index in [1.54, 1.807) is 0 Å². The SMILES string of the molecule is C=CC(CCCC)OCCOCCOCCO. The first-order valence-corrected chi connectivity index (χ1v) is 6.35. The number of aliphatic hydroxyl groups is 1. The Morgan fingerprint density at radius 3 is 2.35 bits per heavy atom. The van der Waals surface area contributed by atoms with E-state index in [-0.39, 0.29) is 12.7 Å². The van der Waals surface area contributed by atoms with Crippen molar-refractivity contribution >= 4 is 0 Å². The standard InChI is InChI=1S/C13H26O4/c1-3-5-6-13(4-2)17-12-11-16-10-9-15-8-7-14/h4,13-14H,2-3,5-12H2,1H3. The molecule has 0 radical (unpaired) electrons. The van der Waals surface area contributed by atoms with E-state index in [1.165, 1.54) is 6.42 Å². The van der Waals surface area contributed by atoms with Gasteiger partial charge in [-0.1, -0.05) is 25.8 Å². The third-order valence-corrected chi connectivity index (χ3v) is 2.27. The van der Waals surface area contributed by atoms with Crippen molar-refractivity contribution in [3.63, 3.8) is 0 Å². The molecule has 0 rings (SSSR count). The Morgan fingerprint density at radius 1 is 1.12 bits per heavy atom. The van der Waals surface area contributed by atoms with Crippen molar-refractivity contribution in [3.8, 4) is 0 Å². The molecule has 0 bridgehead atoms. The van der Waals surface area contributed by atoms with E-state index in [1.807, 2.05) is 6.08 Å². The summed E-state index contributed by atoms with van der Waals surface area (Å²) in [4.78, 5) is 0. The molecule has 1 atom stereocenters. The van der Waals surface area contributed by atoms with Crippen LogP contribution in [0.1, 0.15) is 26.2 Å². The molecule has 0 fully saturated rings. The molecule has 4 nitrogen and oxygen atoms in total. The molecule has 17 heavy (non-hydrogen) atoms. The normalized spacial score (nSPS) is 12.6. The van der Waals surface area contributed by atoms with Crippen molar-refractivity contribution < 1.29 is 19.3 Å². The predicted octanol–water partition coefficient (Wildman–Crippen LogP) is 1.77. The first kappa shape index (κ1) is 16.6. The van der Waals surface area contributed by atoms with Crippen molar-refractivity contribution in [3.05, 3.63) is 12.7 Å². The molecular weight excluding hydrogens is 220 g/mol. The average molecular weight is 246 g/mol. The summed E-state index contributed by atoms with van der Waals surface area (Å²) in [5.74, 6) is 0. The fraction of sp³-hybridized carbons (Fsp3) is 0.846. The molecule has 0 heterocycles. The number of rotatable bonds is 13. The number of unbranched alkanes of at least 4 members (excludes halogenated alkanes) is 1. The summed E-state index contributed by atoms with van der Waals surface area (Å²) in [6, 6.07) is 0. The van der Waals surface area contributed by atoms with E-state index < -0.39 is 0 Å². The number of aliphatic hydroxyl groups excluding tert-OH is 1. The van der Waals surface area contributed by atoms with Gasteiger partial charge in [-0.25, -0.2) is 0 Å². The first-order chi connectivity index (χ1) is 8.35. The maximum atomic E-state index is 8.47. The van der Waals surface area contributed by atoms with Crippen LogP contribution in [0.25, 0.3) is 0 Å². The van der Waals surface area contributed by atoms with E-state index in [0.29, 0.717) is 33.0 Å². The minimum Gasteiger partial charge on any atom is -0.394 e. The van der Waals surface area contributed by atoms with Crippen molar-refractivity contribution in [1.82, 2.24) is 0 Å². The summed E-state index contributed by atoms with van der Waals surface area (Å²) in [7, 11) is 0. The maximum absolute atomic E-state index is 8.47. The van der Waals surface area contributed by atoms with Gasteiger partial charge < -0.3 is 19.3 Å². The summed E-state index contributed by atoms with van der Waals surface area (Å²) < 4.78 is 16.0. The molecule has 0 aromatic rings. The largest absolute Gasteiger partial charge is 0.394 e. The van der Waals surface area contributed by atoms with Gasteiger partial charge in [0.1, 0.15) is 0 Å². The fourth-order valence-electron chi connectivity index (χ4n) is 1.32. The van der Waals surface area contributed by atoms with Crippen LogP contribution in [-0.2, 0) is 14.2 Å². The second kappa shape index (κ2) is 13.6. The van der Waals surface area contributed by atoms with Gasteiger partial charge in [0.15, 0.2) is 0 Å². The zero-order valence-corrected chi connectivity index (χ0v) is 10.9. The van der Waals surface area contributed by atoms with Gasteiger partial charge in [-0.05, 0) is 6.42 Å². The van der Waals surface area contributed by atoms with Crippen LogP contribution in [-0.4, -0.2) is 50.9 Å². The third-order valence-electron chi connectivity index (χ3n) is 2.27. The first-order valence-electron chi connectivity index (χ1n) is 6.35. The molecule has 1 N–H and O–H groups in total. The Morgan fingerprint density at radius 2 is 1.76 bits per heavy atom. The smallest absolute Gasteiger partial charge is 0.0754 e. The van der Waals surface area contributed by atoms with Gasteiger partial charge in [0.2, 0.25) is 0 Å². The Bertz CT molecular complexity index is 161. The second-order valence-electron chi connectivity index (χ2n) is 3.74. The summed E-state index contributed by atoms with van der Waals surface area (Å²) in [6.07, 6.45) is 5.35. The van der Waals surface area contributed by atoms with Gasteiger partial charge in [-0.2, -0.15) is 0 Å². The van der Waals surface area contributed by atoms with Crippen molar-refractivity contribution in [2.24, 2.45) is 0 Å². The molecule has 0 saturated carbocycles. The van der Waals surface area contributed by atoms with Gasteiger partial charge in [-0.3, -0.25) is 0 Å². The van der Waals surface area contributed by atoms with E-state index in [2.05, 4.69) is 13.5 Å². The lowest BCUT2D eigenvalue weighted by molar-refractivity contribution is -0.00540. The Balaban J connectivity index is 3.22. The molecule has 0 saturated heterocycles. The second-order valence-corrected chi connectivity index (χ2v) is 3.74. The third kappa shape index (κ3) is 11.8. The van der Waals surface area contributed by atoms with Gasteiger partial charge in [0.05, 0.1) is 45.7 Å². The van der Waals surface area contributed by atoms with Crippen LogP contribution in [0.5, 0.6) is 0 Å². The molecule has 0 aromatic carbocycles. The van der Waals surface area contributed by atoms with Crippen LogP contribution >= 0.6 is 0 Å².